The Balaban J connectivity index is 2.44. The summed E-state index contributed by atoms with van der Waals surface area (Å²) in [7, 11) is 1.68. The molecule has 0 aliphatic rings. The molecule has 1 aromatic heterocycles. The lowest BCUT2D eigenvalue weighted by Gasteiger charge is -2.03. The summed E-state index contributed by atoms with van der Waals surface area (Å²) in [5, 5.41) is 5.04. The van der Waals surface area contributed by atoms with Crippen LogP contribution in [0.3, 0.4) is 0 Å². The van der Waals surface area contributed by atoms with Crippen LogP contribution in [-0.4, -0.2) is 13.7 Å². The Morgan fingerprint density at radius 1 is 1.42 bits per heavy atom. The van der Waals surface area contributed by atoms with E-state index in [-0.39, 0.29) is 0 Å². The molecule has 0 aliphatic carbocycles. The lowest BCUT2D eigenvalue weighted by molar-refractivity contribution is 0.183. The highest BCUT2D eigenvalue weighted by molar-refractivity contribution is 9.10. The second-order valence-electron chi connectivity index (χ2n) is 4.38. The van der Waals surface area contributed by atoms with E-state index < -0.39 is 0 Å². The fraction of sp³-hybridized carbons (Fsp3) is 0.429. The molecule has 0 unspecified atom stereocenters. The van der Waals surface area contributed by atoms with Crippen LogP contribution < -0.4 is 5.32 Å². The Morgan fingerprint density at radius 2 is 2.21 bits per heavy atom. The van der Waals surface area contributed by atoms with E-state index >= 15 is 0 Å². The predicted octanol–water partition coefficient (Wildman–Crippen LogP) is 4.49. The van der Waals surface area contributed by atoms with Gasteiger partial charge in [-0.05, 0) is 41.0 Å². The van der Waals surface area contributed by atoms with Gasteiger partial charge in [0.15, 0.2) is 0 Å². The van der Waals surface area contributed by atoms with Gasteiger partial charge in [0.1, 0.15) is 11.3 Å². The van der Waals surface area contributed by atoms with Crippen molar-refractivity contribution in [2.24, 2.45) is 0 Å². The summed E-state index contributed by atoms with van der Waals surface area (Å²) in [5.74, 6) is 0.910. The van der Waals surface area contributed by atoms with Gasteiger partial charge in [-0.1, -0.05) is 18.5 Å². The molecule has 0 amide bonds. The molecule has 19 heavy (non-hydrogen) atoms. The number of benzene rings is 1. The summed E-state index contributed by atoms with van der Waals surface area (Å²) in [6.07, 6.45) is 1.09. The number of ether oxygens (including phenoxy) is 1. The van der Waals surface area contributed by atoms with E-state index in [0.717, 1.165) is 39.7 Å². The van der Waals surface area contributed by atoms with Gasteiger partial charge < -0.3 is 14.5 Å². The van der Waals surface area contributed by atoms with E-state index in [9.17, 15) is 0 Å². The van der Waals surface area contributed by atoms with Crippen LogP contribution in [0.4, 0.5) is 0 Å². The Labute approximate surface area is 126 Å². The van der Waals surface area contributed by atoms with Gasteiger partial charge in [0.25, 0.3) is 0 Å². The molecule has 104 valence electrons. The molecule has 2 aromatic rings. The average Bonchev–Trinajstić information content (AvgIpc) is 2.70. The average molecular weight is 347 g/mol. The van der Waals surface area contributed by atoms with Crippen LogP contribution in [0.15, 0.2) is 21.0 Å². The second-order valence-corrected chi connectivity index (χ2v) is 5.67. The lowest BCUT2D eigenvalue weighted by atomic mass is 10.1. The van der Waals surface area contributed by atoms with E-state index in [1.807, 2.05) is 12.1 Å². The molecule has 2 rings (SSSR count). The zero-order chi connectivity index (χ0) is 13.8. The topological polar surface area (TPSA) is 34.4 Å². The minimum absolute atomic E-state index is 0.517. The number of halogens is 2. The van der Waals surface area contributed by atoms with Gasteiger partial charge in [-0.25, -0.2) is 0 Å². The number of hydrogen-bond donors (Lipinski definition) is 1. The first-order valence-corrected chi connectivity index (χ1v) is 7.43. The normalized spacial score (nSPS) is 11.4. The van der Waals surface area contributed by atoms with Crippen molar-refractivity contribution in [1.29, 1.82) is 0 Å². The number of fused-ring (bicyclic) bond motifs is 1. The lowest BCUT2D eigenvalue weighted by Crippen LogP contribution is -2.14. The van der Waals surface area contributed by atoms with Crippen molar-refractivity contribution in [2.75, 3.05) is 13.7 Å². The molecule has 0 fully saturated rings. The van der Waals surface area contributed by atoms with Crippen LogP contribution in [0.25, 0.3) is 11.0 Å². The quantitative estimate of drug-likeness (QED) is 0.782. The van der Waals surface area contributed by atoms with Gasteiger partial charge in [0.2, 0.25) is 0 Å². The molecule has 0 spiro atoms. The van der Waals surface area contributed by atoms with E-state index in [1.54, 1.807) is 7.11 Å². The Kier molecular flexibility index (Phi) is 5.28. The molecule has 1 N–H and O–H groups in total. The SMILES string of the molecule is CCCNCc1oc2c(Br)cc(Cl)cc2c1COC. The Morgan fingerprint density at radius 3 is 2.89 bits per heavy atom. The highest BCUT2D eigenvalue weighted by Crippen LogP contribution is 2.34. The number of rotatable bonds is 6. The van der Waals surface area contributed by atoms with Gasteiger partial charge in [0, 0.05) is 23.1 Å². The highest BCUT2D eigenvalue weighted by atomic mass is 79.9. The Hall–Kier alpha value is -0.550. The molecule has 1 heterocycles. The zero-order valence-electron chi connectivity index (χ0n) is 11.1. The third kappa shape index (κ3) is 3.31. The van der Waals surface area contributed by atoms with E-state index in [0.29, 0.717) is 18.2 Å². The van der Waals surface area contributed by atoms with Crippen molar-refractivity contribution in [3.63, 3.8) is 0 Å². The fourth-order valence-electron chi connectivity index (χ4n) is 2.05. The molecule has 0 atom stereocenters. The van der Waals surface area contributed by atoms with E-state index in [4.69, 9.17) is 20.8 Å². The number of nitrogens with one attached hydrogen (secondary N) is 1. The van der Waals surface area contributed by atoms with E-state index in [1.165, 1.54) is 0 Å². The molecule has 0 saturated carbocycles. The highest BCUT2D eigenvalue weighted by Gasteiger charge is 2.16. The molecule has 0 bridgehead atoms. The first-order chi connectivity index (χ1) is 9.17. The maximum absolute atomic E-state index is 6.10. The largest absolute Gasteiger partial charge is 0.458 e. The third-order valence-corrected chi connectivity index (χ3v) is 3.70. The van der Waals surface area contributed by atoms with Crippen molar-refractivity contribution >= 4 is 38.5 Å². The summed E-state index contributed by atoms with van der Waals surface area (Å²) in [4.78, 5) is 0. The second kappa shape index (κ2) is 6.75. The van der Waals surface area contributed by atoms with Gasteiger partial charge in [0.05, 0.1) is 17.6 Å². The minimum atomic E-state index is 0.517. The number of methoxy groups -OCH3 is 1. The Bertz CT molecular complexity index is 568. The molecular weight excluding hydrogens is 330 g/mol. The summed E-state index contributed by atoms with van der Waals surface area (Å²) < 4.78 is 12.1. The van der Waals surface area contributed by atoms with Gasteiger partial charge in [-0.3, -0.25) is 0 Å². The monoisotopic (exact) mass is 345 g/mol. The molecule has 3 nitrogen and oxygen atoms in total. The van der Waals surface area contributed by atoms with Gasteiger partial charge in [-0.2, -0.15) is 0 Å². The number of furan rings is 1. The first-order valence-electron chi connectivity index (χ1n) is 6.26. The van der Waals surface area contributed by atoms with Crippen molar-refractivity contribution in [1.82, 2.24) is 5.32 Å². The number of hydrogen-bond acceptors (Lipinski definition) is 3. The smallest absolute Gasteiger partial charge is 0.149 e. The predicted molar refractivity (Wildman–Crippen MR) is 81.6 cm³/mol. The van der Waals surface area contributed by atoms with Crippen LogP contribution in [0, 0.1) is 0 Å². The van der Waals surface area contributed by atoms with Crippen molar-refractivity contribution in [3.05, 3.63) is 33.0 Å². The maximum Gasteiger partial charge on any atom is 0.149 e. The van der Waals surface area contributed by atoms with E-state index in [2.05, 4.69) is 28.2 Å². The molecule has 0 radical (unpaired) electrons. The zero-order valence-corrected chi connectivity index (χ0v) is 13.4. The molecule has 0 aliphatic heterocycles. The fourth-order valence-corrected chi connectivity index (χ4v) is 2.94. The van der Waals surface area contributed by atoms with Crippen LogP contribution in [0.1, 0.15) is 24.7 Å². The van der Waals surface area contributed by atoms with Crippen LogP contribution >= 0.6 is 27.5 Å². The van der Waals surface area contributed by atoms with Crippen molar-refractivity contribution in [2.45, 2.75) is 26.5 Å². The van der Waals surface area contributed by atoms with Crippen LogP contribution in [0.5, 0.6) is 0 Å². The molecule has 5 heteroatoms. The summed E-state index contributed by atoms with van der Waals surface area (Å²) in [5.41, 5.74) is 1.88. The molecule has 0 saturated heterocycles. The van der Waals surface area contributed by atoms with Crippen molar-refractivity contribution in [3.8, 4) is 0 Å². The van der Waals surface area contributed by atoms with Gasteiger partial charge >= 0.3 is 0 Å². The summed E-state index contributed by atoms with van der Waals surface area (Å²) in [6, 6.07) is 3.76. The minimum Gasteiger partial charge on any atom is -0.458 e. The molecular formula is C14H17BrClNO2. The van der Waals surface area contributed by atoms with Crippen LogP contribution in [-0.2, 0) is 17.9 Å². The first kappa shape index (κ1) is 14.9. The van der Waals surface area contributed by atoms with Crippen LogP contribution in [0.2, 0.25) is 5.02 Å². The summed E-state index contributed by atoms with van der Waals surface area (Å²) >= 11 is 9.59. The standard InChI is InChI=1S/C14H17BrClNO2/c1-3-4-17-7-13-11(8-18-2)10-5-9(16)6-12(15)14(10)19-13/h5-6,17H,3-4,7-8H2,1-2H3. The van der Waals surface area contributed by atoms with Gasteiger partial charge in [-0.15, -0.1) is 0 Å². The van der Waals surface area contributed by atoms with Crippen molar-refractivity contribution < 1.29 is 9.15 Å². The summed E-state index contributed by atoms with van der Waals surface area (Å²) in [6.45, 7) is 4.32. The third-order valence-electron chi connectivity index (χ3n) is 2.90. The maximum atomic E-state index is 6.10. The molecule has 1 aromatic carbocycles.